The Bertz CT molecular complexity index is 566. The highest BCUT2D eigenvalue weighted by molar-refractivity contribution is 6.05. The van der Waals surface area contributed by atoms with Gasteiger partial charge >= 0.3 is 12.0 Å². The summed E-state index contributed by atoms with van der Waals surface area (Å²) in [4.78, 5) is 60.2. The van der Waals surface area contributed by atoms with Gasteiger partial charge in [-0.25, -0.2) is 4.79 Å². The van der Waals surface area contributed by atoms with E-state index in [0.29, 0.717) is 12.8 Å². The summed E-state index contributed by atoms with van der Waals surface area (Å²) in [5.74, 6) is -2.41. The fourth-order valence-electron chi connectivity index (χ4n) is 3.24. The number of imide groups is 2. The average molecular weight is 353 g/mol. The second-order valence-corrected chi connectivity index (χ2v) is 6.28. The number of likely N-dealkylation sites (tertiary alicyclic amines) is 1. The lowest BCUT2D eigenvalue weighted by Gasteiger charge is -2.19. The standard InChI is InChI=1S/C16H23N3O6/c1-9(13(21)18-16(24)17-2)25-12(20)7-8-19-14(22)10-5-3-4-6-11(10)15(19)23/h9-11H,3-8H2,1-2H3,(H2,17,18,21,24)/t9-,10-,11-/m0/s1. The maximum Gasteiger partial charge on any atom is 0.321 e. The van der Waals surface area contributed by atoms with E-state index in [0.717, 1.165) is 17.7 Å². The lowest BCUT2D eigenvalue weighted by atomic mass is 9.81. The van der Waals surface area contributed by atoms with E-state index in [1.54, 1.807) is 0 Å². The summed E-state index contributed by atoms with van der Waals surface area (Å²) in [5, 5.41) is 4.20. The Kier molecular flexibility index (Phi) is 6.11. The van der Waals surface area contributed by atoms with Gasteiger partial charge in [0.25, 0.3) is 5.91 Å². The normalized spacial score (nSPS) is 23.7. The number of urea groups is 1. The number of esters is 1. The highest BCUT2D eigenvalue weighted by atomic mass is 16.5. The number of ether oxygens (including phenoxy) is 1. The molecule has 0 aromatic rings. The van der Waals surface area contributed by atoms with Gasteiger partial charge in [0.05, 0.1) is 18.3 Å². The molecule has 2 N–H and O–H groups in total. The number of carbonyl (C=O) groups is 5. The van der Waals surface area contributed by atoms with Gasteiger partial charge in [0.2, 0.25) is 11.8 Å². The van der Waals surface area contributed by atoms with Crippen LogP contribution in [0.25, 0.3) is 0 Å². The van der Waals surface area contributed by atoms with E-state index in [2.05, 4.69) is 5.32 Å². The fourth-order valence-corrected chi connectivity index (χ4v) is 3.24. The molecule has 1 heterocycles. The molecule has 2 aliphatic rings. The number of fused-ring (bicyclic) bond motifs is 1. The van der Waals surface area contributed by atoms with Crippen molar-refractivity contribution in [2.75, 3.05) is 13.6 Å². The first kappa shape index (κ1) is 18.9. The van der Waals surface area contributed by atoms with E-state index in [9.17, 15) is 24.0 Å². The number of nitrogens with zero attached hydrogens (tertiary/aromatic N) is 1. The molecule has 0 spiro atoms. The van der Waals surface area contributed by atoms with Crippen molar-refractivity contribution in [2.45, 2.75) is 45.1 Å². The van der Waals surface area contributed by atoms with Crippen LogP contribution in [-0.2, 0) is 23.9 Å². The monoisotopic (exact) mass is 353 g/mol. The van der Waals surface area contributed by atoms with E-state index < -0.39 is 24.0 Å². The first-order valence-corrected chi connectivity index (χ1v) is 8.42. The third kappa shape index (κ3) is 4.34. The third-order valence-corrected chi connectivity index (χ3v) is 4.61. The predicted molar refractivity (Wildman–Crippen MR) is 84.9 cm³/mol. The minimum atomic E-state index is -1.16. The van der Waals surface area contributed by atoms with E-state index in [4.69, 9.17) is 4.74 Å². The summed E-state index contributed by atoms with van der Waals surface area (Å²) < 4.78 is 4.93. The molecule has 9 nitrogen and oxygen atoms in total. The van der Waals surface area contributed by atoms with Gasteiger partial charge in [-0.15, -0.1) is 0 Å². The van der Waals surface area contributed by atoms with Gasteiger partial charge in [-0.3, -0.25) is 29.4 Å². The Hall–Kier alpha value is -2.45. The largest absolute Gasteiger partial charge is 0.452 e. The molecule has 0 radical (unpaired) electrons. The van der Waals surface area contributed by atoms with Crippen LogP contribution in [0.2, 0.25) is 0 Å². The molecule has 2 rings (SSSR count). The lowest BCUT2D eigenvalue weighted by molar-refractivity contribution is -0.155. The molecule has 1 aliphatic carbocycles. The number of amides is 5. The van der Waals surface area contributed by atoms with Crippen molar-refractivity contribution < 1.29 is 28.7 Å². The summed E-state index contributed by atoms with van der Waals surface area (Å²) in [6, 6.07) is -0.705. The van der Waals surface area contributed by atoms with E-state index in [1.807, 2.05) is 5.32 Å². The molecule has 0 aromatic carbocycles. The number of nitrogens with one attached hydrogen (secondary N) is 2. The Morgan fingerprint density at radius 1 is 1.16 bits per heavy atom. The first-order valence-electron chi connectivity index (χ1n) is 8.42. The molecular weight excluding hydrogens is 330 g/mol. The Labute approximate surface area is 145 Å². The second kappa shape index (κ2) is 8.09. The van der Waals surface area contributed by atoms with E-state index in [1.165, 1.54) is 14.0 Å². The molecule has 1 aliphatic heterocycles. The topological polar surface area (TPSA) is 122 Å². The molecular formula is C16H23N3O6. The lowest BCUT2D eigenvalue weighted by Crippen LogP contribution is -2.43. The highest BCUT2D eigenvalue weighted by Gasteiger charge is 2.47. The third-order valence-electron chi connectivity index (χ3n) is 4.61. The molecule has 1 saturated heterocycles. The van der Waals surface area contributed by atoms with Crippen molar-refractivity contribution in [2.24, 2.45) is 11.8 Å². The maximum atomic E-state index is 12.3. The summed E-state index contributed by atoms with van der Waals surface area (Å²) >= 11 is 0. The Balaban J connectivity index is 1.81. The quantitative estimate of drug-likeness (QED) is 0.527. The molecule has 0 bridgehead atoms. The molecule has 5 amide bonds. The van der Waals surface area contributed by atoms with Crippen LogP contribution in [0.5, 0.6) is 0 Å². The molecule has 0 aromatic heterocycles. The van der Waals surface area contributed by atoms with Crippen molar-refractivity contribution in [3.8, 4) is 0 Å². The average Bonchev–Trinajstić information content (AvgIpc) is 2.84. The van der Waals surface area contributed by atoms with Crippen molar-refractivity contribution in [1.82, 2.24) is 15.5 Å². The second-order valence-electron chi connectivity index (χ2n) is 6.28. The number of carbonyl (C=O) groups excluding carboxylic acids is 5. The van der Waals surface area contributed by atoms with Crippen LogP contribution in [0, 0.1) is 11.8 Å². The van der Waals surface area contributed by atoms with E-state index >= 15 is 0 Å². The molecule has 0 unspecified atom stereocenters. The minimum Gasteiger partial charge on any atom is -0.452 e. The predicted octanol–water partition coefficient (Wildman–Crippen LogP) is -0.0610. The minimum absolute atomic E-state index is 0.0483. The fraction of sp³-hybridized carbons (Fsp3) is 0.688. The van der Waals surface area contributed by atoms with Crippen LogP contribution in [0.3, 0.4) is 0 Å². The summed E-state index contributed by atoms with van der Waals surface area (Å²) in [6.07, 6.45) is 1.97. The SMILES string of the molecule is CNC(=O)NC(=O)[C@H](C)OC(=O)CCN1C(=O)[C@H]2CCCC[C@@H]2C1=O. The first-order chi connectivity index (χ1) is 11.8. The van der Waals surface area contributed by atoms with Crippen molar-refractivity contribution in [3.63, 3.8) is 0 Å². The van der Waals surface area contributed by atoms with Crippen LogP contribution in [0.4, 0.5) is 4.79 Å². The smallest absolute Gasteiger partial charge is 0.321 e. The van der Waals surface area contributed by atoms with Gasteiger partial charge in [0.15, 0.2) is 6.10 Å². The number of rotatable bonds is 5. The maximum absolute atomic E-state index is 12.3. The molecule has 9 heteroatoms. The Morgan fingerprint density at radius 3 is 2.24 bits per heavy atom. The molecule has 3 atom stereocenters. The molecule has 138 valence electrons. The zero-order valence-corrected chi connectivity index (χ0v) is 14.4. The van der Waals surface area contributed by atoms with Crippen molar-refractivity contribution in [1.29, 1.82) is 0 Å². The summed E-state index contributed by atoms with van der Waals surface area (Å²) in [5.41, 5.74) is 0. The van der Waals surface area contributed by atoms with Gasteiger partial charge in [0, 0.05) is 13.6 Å². The summed E-state index contributed by atoms with van der Waals surface area (Å²) in [7, 11) is 1.35. The van der Waals surface area contributed by atoms with Crippen molar-refractivity contribution in [3.05, 3.63) is 0 Å². The molecule has 25 heavy (non-hydrogen) atoms. The van der Waals surface area contributed by atoms with Gasteiger partial charge < -0.3 is 10.1 Å². The zero-order valence-electron chi connectivity index (χ0n) is 14.4. The van der Waals surface area contributed by atoms with Crippen LogP contribution in [-0.4, -0.2) is 54.3 Å². The zero-order chi connectivity index (χ0) is 18.6. The Morgan fingerprint density at radius 2 is 1.72 bits per heavy atom. The van der Waals surface area contributed by atoms with Gasteiger partial charge in [-0.2, -0.15) is 0 Å². The van der Waals surface area contributed by atoms with Crippen molar-refractivity contribution >= 4 is 29.7 Å². The van der Waals surface area contributed by atoms with Gasteiger partial charge in [-0.1, -0.05) is 12.8 Å². The van der Waals surface area contributed by atoms with Gasteiger partial charge in [0.1, 0.15) is 0 Å². The highest BCUT2D eigenvalue weighted by Crippen LogP contribution is 2.37. The van der Waals surface area contributed by atoms with E-state index in [-0.39, 0.29) is 36.6 Å². The molecule has 1 saturated carbocycles. The van der Waals surface area contributed by atoms with Crippen LogP contribution < -0.4 is 10.6 Å². The molecule has 2 fully saturated rings. The summed E-state index contributed by atoms with van der Waals surface area (Å²) in [6.45, 7) is 1.28. The van der Waals surface area contributed by atoms with Gasteiger partial charge in [-0.05, 0) is 19.8 Å². The number of hydrogen-bond donors (Lipinski definition) is 2. The van der Waals surface area contributed by atoms with Crippen LogP contribution >= 0.6 is 0 Å². The van der Waals surface area contributed by atoms with Crippen LogP contribution in [0.15, 0.2) is 0 Å². The number of hydrogen-bond acceptors (Lipinski definition) is 6. The van der Waals surface area contributed by atoms with Crippen LogP contribution in [0.1, 0.15) is 39.0 Å².